The minimum atomic E-state index is -3.51. The van der Waals surface area contributed by atoms with Crippen LogP contribution >= 0.6 is 0 Å². The van der Waals surface area contributed by atoms with Crippen LogP contribution in [0.15, 0.2) is 29.2 Å². The first-order valence-corrected chi connectivity index (χ1v) is 10.2. The molecule has 6 nitrogen and oxygen atoms in total. The van der Waals surface area contributed by atoms with E-state index in [0.717, 1.165) is 10.8 Å². The average molecular weight is 368 g/mol. The molecule has 140 valence electrons. The molecule has 1 aliphatic rings. The molecule has 1 amide bonds. The second-order valence-corrected chi connectivity index (χ2v) is 9.22. The summed E-state index contributed by atoms with van der Waals surface area (Å²) in [6.07, 6.45) is 6.40. The van der Waals surface area contributed by atoms with Gasteiger partial charge in [0.25, 0.3) is 0 Å². The summed E-state index contributed by atoms with van der Waals surface area (Å²) >= 11 is 0. The summed E-state index contributed by atoms with van der Waals surface area (Å²) in [4.78, 5) is 14.5. The molecule has 0 radical (unpaired) electrons. The number of anilines is 1. The minimum absolute atomic E-state index is 0.127. The van der Waals surface area contributed by atoms with Crippen molar-refractivity contribution in [3.8, 4) is 0 Å². The third kappa shape index (κ3) is 5.80. The summed E-state index contributed by atoms with van der Waals surface area (Å²) in [7, 11) is 1.43. The van der Waals surface area contributed by atoms with Gasteiger partial charge in [0.15, 0.2) is 0 Å². The number of nitrogens with zero attached hydrogens (tertiary/aromatic N) is 2. The molecule has 0 unspecified atom stereocenters. The van der Waals surface area contributed by atoms with Gasteiger partial charge in [-0.3, -0.25) is 9.69 Å². The fourth-order valence-electron chi connectivity index (χ4n) is 3.27. The van der Waals surface area contributed by atoms with Gasteiger partial charge in [0.2, 0.25) is 15.9 Å². The zero-order valence-electron chi connectivity index (χ0n) is 15.4. The summed E-state index contributed by atoms with van der Waals surface area (Å²) in [5, 5.41) is 2.80. The van der Waals surface area contributed by atoms with Gasteiger partial charge in [-0.1, -0.05) is 25.3 Å². The SMILES string of the molecule is CN(CC(=O)Nc1cccc(S(=O)(=O)N(C)C)c1)CC1CCCCC1. The summed E-state index contributed by atoms with van der Waals surface area (Å²) in [5.74, 6) is 0.554. The molecule has 0 saturated heterocycles. The van der Waals surface area contributed by atoms with Gasteiger partial charge in [0.1, 0.15) is 0 Å². The average Bonchev–Trinajstić information content (AvgIpc) is 2.55. The molecular weight excluding hydrogens is 338 g/mol. The van der Waals surface area contributed by atoms with E-state index >= 15 is 0 Å². The van der Waals surface area contributed by atoms with Crippen LogP contribution in [0.4, 0.5) is 5.69 Å². The number of benzene rings is 1. The van der Waals surface area contributed by atoms with Crippen LogP contribution in [0.5, 0.6) is 0 Å². The molecule has 0 aromatic heterocycles. The molecule has 0 atom stereocenters. The lowest BCUT2D eigenvalue weighted by Gasteiger charge is -2.26. The normalized spacial score (nSPS) is 16.4. The van der Waals surface area contributed by atoms with Gasteiger partial charge >= 0.3 is 0 Å². The maximum atomic E-state index is 12.2. The lowest BCUT2D eigenvalue weighted by molar-refractivity contribution is -0.117. The third-order valence-corrected chi connectivity index (χ3v) is 6.42. The van der Waals surface area contributed by atoms with Crippen molar-refractivity contribution in [2.24, 2.45) is 5.92 Å². The minimum Gasteiger partial charge on any atom is -0.325 e. The van der Waals surface area contributed by atoms with E-state index in [2.05, 4.69) is 5.32 Å². The highest BCUT2D eigenvalue weighted by Gasteiger charge is 2.19. The third-order valence-electron chi connectivity index (χ3n) is 4.60. The number of hydrogen-bond acceptors (Lipinski definition) is 4. The molecule has 1 saturated carbocycles. The number of amides is 1. The van der Waals surface area contributed by atoms with Gasteiger partial charge in [-0.25, -0.2) is 12.7 Å². The molecule has 0 spiro atoms. The van der Waals surface area contributed by atoms with Crippen LogP contribution in [0.3, 0.4) is 0 Å². The van der Waals surface area contributed by atoms with E-state index in [1.165, 1.54) is 58.3 Å². The van der Waals surface area contributed by atoms with Crippen molar-refractivity contribution < 1.29 is 13.2 Å². The Labute approximate surface area is 151 Å². The second-order valence-electron chi connectivity index (χ2n) is 7.06. The fourth-order valence-corrected chi connectivity index (χ4v) is 4.21. The Balaban J connectivity index is 1.92. The smallest absolute Gasteiger partial charge is 0.242 e. The number of rotatable bonds is 7. The van der Waals surface area contributed by atoms with Gasteiger partial charge in [-0.2, -0.15) is 0 Å². The van der Waals surface area contributed by atoms with E-state index in [-0.39, 0.29) is 10.8 Å². The van der Waals surface area contributed by atoms with Crippen LogP contribution < -0.4 is 5.32 Å². The Morgan fingerprint density at radius 3 is 2.48 bits per heavy atom. The van der Waals surface area contributed by atoms with Crippen molar-refractivity contribution in [1.29, 1.82) is 0 Å². The number of carbonyl (C=O) groups is 1. The standard InChI is InChI=1S/C18H29N3O3S/c1-20(2)25(23,24)17-11-7-10-16(12-17)19-18(22)14-21(3)13-15-8-5-4-6-9-15/h7,10-12,15H,4-6,8-9,13-14H2,1-3H3,(H,19,22). The first-order valence-electron chi connectivity index (χ1n) is 8.80. The van der Waals surface area contributed by atoms with Crippen molar-refractivity contribution in [3.05, 3.63) is 24.3 Å². The van der Waals surface area contributed by atoms with E-state index in [0.29, 0.717) is 18.2 Å². The molecule has 1 aromatic rings. The predicted molar refractivity (Wildman–Crippen MR) is 100 cm³/mol. The quantitative estimate of drug-likeness (QED) is 0.803. The molecule has 1 N–H and O–H groups in total. The Morgan fingerprint density at radius 2 is 1.84 bits per heavy atom. The van der Waals surface area contributed by atoms with Crippen molar-refractivity contribution in [2.45, 2.75) is 37.0 Å². The number of likely N-dealkylation sites (N-methyl/N-ethyl adjacent to an activating group) is 1. The van der Waals surface area contributed by atoms with Gasteiger partial charge in [0.05, 0.1) is 11.4 Å². The largest absolute Gasteiger partial charge is 0.325 e. The van der Waals surface area contributed by atoms with E-state index in [1.807, 2.05) is 11.9 Å². The number of nitrogens with one attached hydrogen (secondary N) is 1. The highest BCUT2D eigenvalue weighted by atomic mass is 32.2. The molecule has 1 aliphatic carbocycles. The highest BCUT2D eigenvalue weighted by Crippen LogP contribution is 2.24. The lowest BCUT2D eigenvalue weighted by atomic mass is 9.89. The first kappa shape index (κ1) is 19.9. The van der Waals surface area contributed by atoms with Crippen molar-refractivity contribution in [2.75, 3.05) is 39.5 Å². The Hall–Kier alpha value is -1.44. The predicted octanol–water partition coefficient (Wildman–Crippen LogP) is 2.39. The van der Waals surface area contributed by atoms with Gasteiger partial charge in [-0.05, 0) is 44.0 Å². The monoisotopic (exact) mass is 367 g/mol. The zero-order valence-corrected chi connectivity index (χ0v) is 16.2. The van der Waals surface area contributed by atoms with Crippen LogP contribution in [0.1, 0.15) is 32.1 Å². The fraction of sp³-hybridized carbons (Fsp3) is 0.611. The Kier molecular flexibility index (Phi) is 6.98. The second kappa shape index (κ2) is 8.78. The molecule has 0 heterocycles. The molecule has 0 bridgehead atoms. The number of sulfonamides is 1. The summed E-state index contributed by atoms with van der Waals surface area (Å²) < 4.78 is 25.5. The summed E-state index contributed by atoms with van der Waals surface area (Å²) in [5.41, 5.74) is 0.499. The zero-order chi connectivity index (χ0) is 18.4. The molecule has 1 fully saturated rings. The summed E-state index contributed by atoms with van der Waals surface area (Å²) in [6, 6.07) is 6.36. The van der Waals surface area contributed by atoms with Crippen LogP contribution in [0.25, 0.3) is 0 Å². The molecule has 7 heteroatoms. The molecule has 1 aromatic carbocycles. The van der Waals surface area contributed by atoms with Crippen molar-refractivity contribution in [1.82, 2.24) is 9.21 Å². The van der Waals surface area contributed by atoms with E-state index in [9.17, 15) is 13.2 Å². The van der Waals surface area contributed by atoms with Gasteiger partial charge in [0, 0.05) is 26.3 Å². The Morgan fingerprint density at radius 1 is 1.16 bits per heavy atom. The van der Waals surface area contributed by atoms with Crippen LogP contribution in [-0.4, -0.2) is 57.8 Å². The highest BCUT2D eigenvalue weighted by molar-refractivity contribution is 7.89. The van der Waals surface area contributed by atoms with Crippen molar-refractivity contribution >= 4 is 21.6 Å². The summed E-state index contributed by atoms with van der Waals surface area (Å²) in [6.45, 7) is 1.24. The molecule has 2 rings (SSSR count). The number of hydrogen-bond donors (Lipinski definition) is 1. The lowest BCUT2D eigenvalue weighted by Crippen LogP contribution is -2.34. The van der Waals surface area contributed by atoms with Gasteiger partial charge in [-0.15, -0.1) is 0 Å². The topological polar surface area (TPSA) is 69.7 Å². The molecular formula is C18H29N3O3S. The Bertz CT molecular complexity index is 683. The first-order chi connectivity index (χ1) is 11.8. The van der Waals surface area contributed by atoms with E-state index in [1.54, 1.807) is 12.1 Å². The number of carbonyl (C=O) groups excluding carboxylic acids is 1. The van der Waals surface area contributed by atoms with E-state index < -0.39 is 10.0 Å². The molecule has 0 aliphatic heterocycles. The van der Waals surface area contributed by atoms with E-state index in [4.69, 9.17) is 0 Å². The maximum Gasteiger partial charge on any atom is 0.242 e. The van der Waals surface area contributed by atoms with Crippen molar-refractivity contribution in [3.63, 3.8) is 0 Å². The molecule has 25 heavy (non-hydrogen) atoms. The van der Waals surface area contributed by atoms with Crippen LogP contribution in [0.2, 0.25) is 0 Å². The van der Waals surface area contributed by atoms with Crippen LogP contribution in [0, 0.1) is 5.92 Å². The van der Waals surface area contributed by atoms with Crippen LogP contribution in [-0.2, 0) is 14.8 Å². The maximum absolute atomic E-state index is 12.2. The van der Waals surface area contributed by atoms with Gasteiger partial charge < -0.3 is 5.32 Å².